The number of aliphatic hydroxyl groups excluding tert-OH is 1. The van der Waals surface area contributed by atoms with E-state index >= 15 is 0 Å². The summed E-state index contributed by atoms with van der Waals surface area (Å²) in [7, 11) is 0. The second-order valence-corrected chi connectivity index (χ2v) is 6.30. The highest BCUT2D eigenvalue weighted by molar-refractivity contribution is 5.84. The van der Waals surface area contributed by atoms with Crippen LogP contribution in [0.2, 0.25) is 0 Å². The maximum absolute atomic E-state index is 10.2. The maximum Gasteiger partial charge on any atom is 0.119 e. The first kappa shape index (κ1) is 14.6. The summed E-state index contributed by atoms with van der Waals surface area (Å²) in [6.07, 6.45) is 11.2. The van der Waals surface area contributed by atoms with Gasteiger partial charge in [-0.05, 0) is 57.3 Å². The quantitative estimate of drug-likeness (QED) is 0.469. The Bertz CT molecular complexity index is 457. The van der Waals surface area contributed by atoms with Crippen molar-refractivity contribution in [3.63, 3.8) is 0 Å². The fourth-order valence-electron chi connectivity index (χ4n) is 3.86. The molecule has 0 aromatic heterocycles. The van der Waals surface area contributed by atoms with Crippen LogP contribution in [0.4, 0.5) is 0 Å². The van der Waals surface area contributed by atoms with Crippen LogP contribution in [0.1, 0.15) is 39.0 Å². The summed E-state index contributed by atoms with van der Waals surface area (Å²) in [5, 5.41) is 21.4. The summed E-state index contributed by atoms with van der Waals surface area (Å²) in [5.41, 5.74) is 4.28. The minimum Gasteiger partial charge on any atom is -0.391 e. The predicted octanol–water partition coefficient (Wildman–Crippen LogP) is 1.44. The number of dihydropyridines is 1. The van der Waals surface area contributed by atoms with Crippen molar-refractivity contribution in [3.8, 4) is 0 Å². The lowest BCUT2D eigenvalue weighted by Gasteiger charge is -2.44. The summed E-state index contributed by atoms with van der Waals surface area (Å²) in [5.74, 6) is 1.94. The van der Waals surface area contributed by atoms with Gasteiger partial charge >= 0.3 is 0 Å². The number of piperidine rings is 1. The van der Waals surface area contributed by atoms with E-state index in [1.165, 1.54) is 6.42 Å². The third-order valence-corrected chi connectivity index (χ3v) is 4.97. The Kier molecular flexibility index (Phi) is 4.60. The Morgan fingerprint density at radius 3 is 3.10 bits per heavy atom. The summed E-state index contributed by atoms with van der Waals surface area (Å²) >= 11 is 0. The van der Waals surface area contributed by atoms with Crippen LogP contribution in [0.25, 0.3) is 0 Å². The third-order valence-electron chi connectivity index (χ3n) is 4.97. The molecule has 0 aromatic carbocycles. The van der Waals surface area contributed by atoms with Gasteiger partial charge in [0.05, 0.1) is 6.10 Å². The largest absolute Gasteiger partial charge is 0.391 e. The van der Waals surface area contributed by atoms with Crippen molar-refractivity contribution in [1.29, 1.82) is 0 Å². The molecule has 3 aliphatic rings. The Morgan fingerprint density at radius 1 is 1.38 bits per heavy atom. The molecule has 3 rings (SSSR count). The second kappa shape index (κ2) is 6.62. The lowest BCUT2D eigenvalue weighted by molar-refractivity contribution is 0.0306. The van der Waals surface area contributed by atoms with Crippen molar-refractivity contribution in [2.45, 2.75) is 51.2 Å². The molecule has 2 heterocycles. The predicted molar refractivity (Wildman–Crippen MR) is 84.5 cm³/mol. The number of rotatable bonds is 3. The Morgan fingerprint density at radius 2 is 2.29 bits per heavy atom. The van der Waals surface area contributed by atoms with Crippen molar-refractivity contribution in [2.75, 3.05) is 6.54 Å². The van der Waals surface area contributed by atoms with Crippen LogP contribution in [0.5, 0.6) is 0 Å². The maximum atomic E-state index is 10.2. The molecule has 2 aliphatic heterocycles. The van der Waals surface area contributed by atoms with Crippen LogP contribution < -0.4 is 16.1 Å². The molecule has 0 radical (unpaired) electrons. The van der Waals surface area contributed by atoms with Gasteiger partial charge in [-0.15, -0.1) is 0 Å². The summed E-state index contributed by atoms with van der Waals surface area (Å²) < 4.78 is 0. The lowest BCUT2D eigenvalue weighted by Crippen LogP contribution is -2.55. The van der Waals surface area contributed by atoms with Gasteiger partial charge in [-0.3, -0.25) is 5.43 Å². The molecule has 0 amide bonds. The smallest absolute Gasteiger partial charge is 0.119 e. The number of aliphatic hydroxyl groups is 1. The van der Waals surface area contributed by atoms with Gasteiger partial charge in [0.1, 0.15) is 5.82 Å². The molecule has 1 saturated carbocycles. The van der Waals surface area contributed by atoms with Crippen LogP contribution in [-0.2, 0) is 0 Å². The van der Waals surface area contributed by atoms with Gasteiger partial charge < -0.3 is 15.7 Å². The average molecular weight is 290 g/mol. The Hall–Kier alpha value is -1.33. The second-order valence-electron chi connectivity index (χ2n) is 6.30. The zero-order chi connectivity index (χ0) is 14.7. The van der Waals surface area contributed by atoms with Gasteiger partial charge in [0.15, 0.2) is 0 Å². The van der Waals surface area contributed by atoms with E-state index in [4.69, 9.17) is 0 Å². The SMILES string of the molecule is C/C(=N\NC1=CCC=CN1)C1CCNC2C(O)CCCC12. The van der Waals surface area contributed by atoms with Gasteiger partial charge in [0.2, 0.25) is 0 Å². The van der Waals surface area contributed by atoms with E-state index in [-0.39, 0.29) is 12.1 Å². The highest BCUT2D eigenvalue weighted by Gasteiger charge is 2.40. The first-order valence-electron chi connectivity index (χ1n) is 8.09. The molecule has 0 aromatic rings. The highest BCUT2D eigenvalue weighted by Crippen LogP contribution is 2.35. The van der Waals surface area contributed by atoms with E-state index in [1.54, 1.807) is 0 Å². The first-order chi connectivity index (χ1) is 10.3. The van der Waals surface area contributed by atoms with Gasteiger partial charge in [0, 0.05) is 17.7 Å². The molecular formula is C16H26N4O. The topological polar surface area (TPSA) is 68.7 Å². The van der Waals surface area contributed by atoms with Crippen molar-refractivity contribution >= 4 is 5.71 Å². The molecule has 0 spiro atoms. The number of nitrogens with zero attached hydrogens (tertiary/aromatic N) is 1. The molecule has 5 nitrogen and oxygen atoms in total. The zero-order valence-corrected chi connectivity index (χ0v) is 12.7. The fraction of sp³-hybridized carbons (Fsp3) is 0.688. The Labute approximate surface area is 126 Å². The van der Waals surface area contributed by atoms with Gasteiger partial charge in [0.25, 0.3) is 0 Å². The number of hydrogen-bond acceptors (Lipinski definition) is 5. The standard InChI is InChI=1S/C16H26N4O/c1-11(19-20-15-7-2-3-9-17-15)12-8-10-18-16-13(12)5-4-6-14(16)21/h3,7,9,12-14,16-18,20-21H,2,4-6,8,10H2,1H3/b19-11+. The van der Waals surface area contributed by atoms with E-state index in [9.17, 15) is 5.11 Å². The summed E-state index contributed by atoms with van der Waals surface area (Å²) in [6.45, 7) is 3.08. The number of hydrogen-bond donors (Lipinski definition) is 4. The molecule has 116 valence electrons. The number of fused-ring (bicyclic) bond motifs is 1. The number of nitrogens with one attached hydrogen (secondary N) is 3. The number of allylic oxidation sites excluding steroid dienone is 2. The van der Waals surface area contributed by atoms with Crippen LogP contribution in [0, 0.1) is 11.8 Å². The molecule has 4 atom stereocenters. The minimum atomic E-state index is -0.194. The van der Waals surface area contributed by atoms with Crippen LogP contribution in [-0.4, -0.2) is 29.5 Å². The van der Waals surface area contributed by atoms with Crippen LogP contribution >= 0.6 is 0 Å². The summed E-state index contributed by atoms with van der Waals surface area (Å²) in [6, 6.07) is 0.248. The van der Waals surface area contributed by atoms with E-state index in [0.29, 0.717) is 11.8 Å². The Balaban J connectivity index is 1.65. The first-order valence-corrected chi connectivity index (χ1v) is 8.09. The molecular weight excluding hydrogens is 264 g/mol. The molecule has 2 fully saturated rings. The monoisotopic (exact) mass is 290 g/mol. The molecule has 5 heteroatoms. The van der Waals surface area contributed by atoms with Crippen molar-refractivity contribution in [3.05, 3.63) is 24.2 Å². The van der Waals surface area contributed by atoms with E-state index in [1.807, 2.05) is 6.20 Å². The summed E-state index contributed by atoms with van der Waals surface area (Å²) in [4.78, 5) is 0. The van der Waals surface area contributed by atoms with Crippen molar-refractivity contribution < 1.29 is 5.11 Å². The van der Waals surface area contributed by atoms with Gasteiger partial charge in [-0.2, -0.15) is 5.10 Å². The van der Waals surface area contributed by atoms with Gasteiger partial charge in [-0.25, -0.2) is 0 Å². The van der Waals surface area contributed by atoms with E-state index in [0.717, 1.165) is 43.8 Å². The highest BCUT2D eigenvalue weighted by atomic mass is 16.3. The molecule has 1 saturated heterocycles. The minimum absolute atomic E-state index is 0.194. The zero-order valence-electron chi connectivity index (χ0n) is 12.7. The normalized spacial score (nSPS) is 36.5. The average Bonchev–Trinajstić information content (AvgIpc) is 2.53. The lowest BCUT2D eigenvalue weighted by atomic mass is 9.70. The molecule has 0 bridgehead atoms. The molecule has 4 unspecified atom stereocenters. The number of hydrazone groups is 1. The van der Waals surface area contributed by atoms with E-state index < -0.39 is 0 Å². The molecule has 4 N–H and O–H groups in total. The van der Waals surface area contributed by atoms with Crippen LogP contribution in [0.3, 0.4) is 0 Å². The van der Waals surface area contributed by atoms with Crippen LogP contribution in [0.15, 0.2) is 29.3 Å². The third kappa shape index (κ3) is 3.30. The fourth-order valence-corrected chi connectivity index (χ4v) is 3.86. The van der Waals surface area contributed by atoms with Gasteiger partial charge in [-0.1, -0.05) is 12.5 Å². The van der Waals surface area contributed by atoms with Crippen molar-refractivity contribution in [2.24, 2.45) is 16.9 Å². The molecule has 21 heavy (non-hydrogen) atoms. The molecule has 1 aliphatic carbocycles. The van der Waals surface area contributed by atoms with E-state index in [2.05, 4.69) is 40.2 Å². The van der Waals surface area contributed by atoms with Crippen molar-refractivity contribution in [1.82, 2.24) is 16.1 Å².